The molecule has 0 aliphatic heterocycles. The fourth-order valence-corrected chi connectivity index (χ4v) is 1.54. The van der Waals surface area contributed by atoms with Crippen molar-refractivity contribution in [1.29, 1.82) is 0 Å². The third-order valence-corrected chi connectivity index (χ3v) is 2.68. The number of halogens is 2. The number of rotatable bonds is 1. The van der Waals surface area contributed by atoms with Crippen molar-refractivity contribution in [1.82, 2.24) is 0 Å². The minimum absolute atomic E-state index is 0. The van der Waals surface area contributed by atoms with Crippen LogP contribution in [0.1, 0.15) is 8.98 Å². The van der Waals surface area contributed by atoms with Gasteiger partial charge in [0.1, 0.15) is 0 Å². The molecule has 3 heteroatoms. The average Bonchev–Trinajstić information content (AvgIpc) is 1.90. The van der Waals surface area contributed by atoms with Gasteiger partial charge in [0.25, 0.3) is 0 Å². The predicted octanol–water partition coefficient (Wildman–Crippen LogP) is 3.20. The van der Waals surface area contributed by atoms with E-state index in [0.717, 1.165) is 0 Å². The quantitative estimate of drug-likeness (QED) is 0.551. The van der Waals surface area contributed by atoms with Crippen molar-refractivity contribution < 1.29 is 18.3 Å². The van der Waals surface area contributed by atoms with Crippen molar-refractivity contribution in [3.8, 4) is 0 Å². The van der Waals surface area contributed by atoms with Crippen molar-refractivity contribution in [2.24, 2.45) is 0 Å². The SMILES string of the molecule is Br.[Zn][CH](Br)c1ccccc1. The summed E-state index contributed by atoms with van der Waals surface area (Å²) in [5, 5.41) is 0. The first-order valence-electron chi connectivity index (χ1n) is 2.83. The van der Waals surface area contributed by atoms with E-state index in [4.69, 9.17) is 0 Å². The van der Waals surface area contributed by atoms with Gasteiger partial charge in [-0.05, 0) is 0 Å². The van der Waals surface area contributed by atoms with E-state index in [9.17, 15) is 0 Å². The first-order chi connectivity index (χ1) is 4.30. The van der Waals surface area contributed by atoms with Crippen LogP contribution in [0.5, 0.6) is 0 Å². The standard InChI is InChI=1S/C7H6Br.BrH.Zn/c8-6-7-4-2-1-3-5-7;;/h1-6H;1H;. The average molecular weight is 316 g/mol. The molecule has 0 heterocycles. The van der Waals surface area contributed by atoms with Crippen molar-refractivity contribution in [3.63, 3.8) is 0 Å². The number of alkyl halides is 1. The van der Waals surface area contributed by atoms with E-state index in [1.807, 2.05) is 6.07 Å². The van der Waals surface area contributed by atoms with Crippen LogP contribution in [0.25, 0.3) is 0 Å². The van der Waals surface area contributed by atoms with E-state index in [-0.39, 0.29) is 17.0 Å². The first-order valence-corrected chi connectivity index (χ1v) is 5.45. The molecule has 0 spiro atoms. The Hall–Kier alpha value is 0.803. The van der Waals surface area contributed by atoms with E-state index in [1.54, 1.807) is 0 Å². The summed E-state index contributed by atoms with van der Waals surface area (Å²) in [5.74, 6) is 0. The molecule has 1 aromatic rings. The predicted molar refractivity (Wildman–Crippen MR) is 48.4 cm³/mol. The number of hydrogen-bond acceptors (Lipinski definition) is 0. The zero-order valence-electron chi connectivity index (χ0n) is 5.46. The Kier molecular flexibility index (Phi) is 5.89. The second-order valence-corrected chi connectivity index (χ2v) is 7.20. The molecule has 1 atom stereocenters. The normalized spacial score (nSPS) is 11.9. The molecule has 1 rings (SSSR count). The third kappa shape index (κ3) is 3.27. The molecule has 0 bridgehead atoms. The van der Waals surface area contributed by atoms with Gasteiger partial charge in [-0.1, -0.05) is 0 Å². The van der Waals surface area contributed by atoms with Gasteiger partial charge < -0.3 is 0 Å². The molecule has 10 heavy (non-hydrogen) atoms. The van der Waals surface area contributed by atoms with Crippen LogP contribution in [0.2, 0.25) is 0 Å². The Bertz CT molecular complexity index is 174. The molecular formula is C7H7Br2Zn. The molecule has 0 aliphatic carbocycles. The molecule has 0 radical (unpaired) electrons. The number of benzene rings is 1. The molecule has 0 aliphatic rings. The zero-order chi connectivity index (χ0) is 6.69. The maximum atomic E-state index is 3.54. The maximum absolute atomic E-state index is 3.54. The van der Waals surface area contributed by atoms with Crippen LogP contribution >= 0.6 is 32.9 Å². The van der Waals surface area contributed by atoms with Gasteiger partial charge in [-0.15, -0.1) is 17.0 Å². The first kappa shape index (κ1) is 10.8. The number of hydrogen-bond donors (Lipinski definition) is 0. The van der Waals surface area contributed by atoms with Crippen molar-refractivity contribution in [3.05, 3.63) is 35.9 Å². The summed E-state index contributed by atoms with van der Waals surface area (Å²) in [5.41, 5.74) is 1.39. The van der Waals surface area contributed by atoms with E-state index >= 15 is 0 Å². The van der Waals surface area contributed by atoms with Gasteiger partial charge in [0.15, 0.2) is 0 Å². The second-order valence-electron chi connectivity index (χ2n) is 1.88. The van der Waals surface area contributed by atoms with Gasteiger partial charge in [-0.25, -0.2) is 0 Å². The summed E-state index contributed by atoms with van der Waals surface area (Å²) in [6.07, 6.45) is 0. The van der Waals surface area contributed by atoms with Crippen LogP contribution in [0, 0.1) is 0 Å². The molecule has 1 unspecified atom stereocenters. The van der Waals surface area contributed by atoms with Gasteiger partial charge in [0.2, 0.25) is 0 Å². The molecule has 1 aromatic carbocycles. The fourth-order valence-electron chi connectivity index (χ4n) is 0.662. The van der Waals surface area contributed by atoms with Gasteiger partial charge in [0, 0.05) is 0 Å². The minimum atomic E-state index is 0. The van der Waals surface area contributed by atoms with E-state index < -0.39 is 0 Å². The molecule has 51 valence electrons. The summed E-state index contributed by atoms with van der Waals surface area (Å²) < 4.78 is 0.596. The molecule has 0 nitrogen and oxygen atoms in total. The Balaban J connectivity index is 0.000000810. The summed E-state index contributed by atoms with van der Waals surface area (Å²) in [4.78, 5) is 0. The van der Waals surface area contributed by atoms with Gasteiger partial charge in [0.05, 0.1) is 0 Å². The molecule has 0 saturated carbocycles. The molecule has 0 N–H and O–H groups in total. The van der Waals surface area contributed by atoms with Crippen molar-refractivity contribution in [2.45, 2.75) is 3.42 Å². The van der Waals surface area contributed by atoms with E-state index in [0.29, 0.717) is 3.42 Å². The second kappa shape index (κ2) is 5.45. The van der Waals surface area contributed by atoms with Crippen LogP contribution in [0.3, 0.4) is 0 Å². The Morgan fingerprint density at radius 1 is 1.20 bits per heavy atom. The monoisotopic (exact) mass is 313 g/mol. The summed E-state index contributed by atoms with van der Waals surface area (Å²) in [6, 6.07) is 10.5. The summed E-state index contributed by atoms with van der Waals surface area (Å²) >= 11 is 4.81. The van der Waals surface area contributed by atoms with Crippen molar-refractivity contribution in [2.75, 3.05) is 0 Å². The Morgan fingerprint density at radius 3 is 2.00 bits per heavy atom. The van der Waals surface area contributed by atoms with Crippen LogP contribution < -0.4 is 0 Å². The Morgan fingerprint density at radius 2 is 1.70 bits per heavy atom. The van der Waals surface area contributed by atoms with Gasteiger partial charge in [-0.2, -0.15) is 0 Å². The topological polar surface area (TPSA) is 0 Å². The third-order valence-electron chi connectivity index (χ3n) is 1.16. The summed E-state index contributed by atoms with van der Waals surface area (Å²) in [7, 11) is 0. The van der Waals surface area contributed by atoms with Gasteiger partial charge in [-0.3, -0.25) is 0 Å². The fraction of sp³-hybridized carbons (Fsp3) is 0.143. The molecule has 0 amide bonds. The summed E-state index contributed by atoms with van der Waals surface area (Å²) in [6.45, 7) is 0. The zero-order valence-corrected chi connectivity index (χ0v) is 11.7. The van der Waals surface area contributed by atoms with E-state index in [1.165, 1.54) is 23.9 Å². The Labute approximate surface area is 90.0 Å². The molecule has 0 fully saturated rings. The molecule has 0 saturated heterocycles. The van der Waals surface area contributed by atoms with Crippen molar-refractivity contribution >= 4 is 32.9 Å². The van der Waals surface area contributed by atoms with Crippen LogP contribution in [0.4, 0.5) is 0 Å². The van der Waals surface area contributed by atoms with Crippen LogP contribution in [-0.4, -0.2) is 0 Å². The molecule has 0 aromatic heterocycles. The van der Waals surface area contributed by atoms with E-state index in [2.05, 4.69) is 40.2 Å². The van der Waals surface area contributed by atoms with Gasteiger partial charge >= 0.3 is 73.5 Å². The van der Waals surface area contributed by atoms with Crippen LogP contribution in [0.15, 0.2) is 30.3 Å². The van der Waals surface area contributed by atoms with Crippen LogP contribution in [-0.2, 0) is 18.3 Å². The molecular weight excluding hydrogens is 309 g/mol.